The number of nitrogens with zero attached hydrogens (tertiary/aromatic N) is 5. The van der Waals surface area contributed by atoms with Crippen LogP contribution in [0, 0.1) is 18.8 Å². The first-order valence-electron chi connectivity index (χ1n) is 9.20. The van der Waals surface area contributed by atoms with E-state index in [0.717, 1.165) is 40.9 Å². The molecule has 28 heavy (non-hydrogen) atoms. The second-order valence-electron chi connectivity index (χ2n) is 6.95. The zero-order chi connectivity index (χ0) is 19.1. The van der Waals surface area contributed by atoms with Gasteiger partial charge in [0, 0.05) is 47.8 Å². The van der Waals surface area contributed by atoms with Crippen LogP contribution >= 0.6 is 0 Å². The van der Waals surface area contributed by atoms with Gasteiger partial charge in [-0.3, -0.25) is 0 Å². The molecule has 1 aliphatic rings. The fraction of sp³-hybridized carbons (Fsp3) is 0.182. The summed E-state index contributed by atoms with van der Waals surface area (Å²) in [6.07, 6.45) is 8.41. The van der Waals surface area contributed by atoms with Crippen LogP contribution in [0.3, 0.4) is 0 Å². The zero-order valence-corrected chi connectivity index (χ0v) is 15.4. The molecule has 3 aromatic heterocycles. The molecule has 1 unspecified atom stereocenters. The van der Waals surface area contributed by atoms with E-state index in [9.17, 15) is 0 Å². The van der Waals surface area contributed by atoms with E-state index in [0.29, 0.717) is 17.2 Å². The van der Waals surface area contributed by atoms with E-state index < -0.39 is 0 Å². The molecule has 0 bridgehead atoms. The van der Waals surface area contributed by atoms with Gasteiger partial charge in [0.25, 0.3) is 0 Å². The van der Waals surface area contributed by atoms with Gasteiger partial charge in [-0.1, -0.05) is 24.0 Å². The quantitative estimate of drug-likeness (QED) is 0.523. The average Bonchev–Trinajstić information content (AvgIpc) is 3.34. The van der Waals surface area contributed by atoms with Crippen LogP contribution in [0.25, 0.3) is 22.3 Å². The molecule has 5 rings (SSSR count). The van der Waals surface area contributed by atoms with Crippen LogP contribution in [-0.4, -0.2) is 24.5 Å². The first-order chi connectivity index (χ1) is 13.7. The maximum absolute atomic E-state index is 6.02. The predicted octanol–water partition coefficient (Wildman–Crippen LogP) is 3.32. The first-order valence-corrected chi connectivity index (χ1v) is 9.20. The second-order valence-corrected chi connectivity index (χ2v) is 6.95. The van der Waals surface area contributed by atoms with E-state index in [1.54, 1.807) is 6.20 Å². The number of fused-ring (bicyclic) bond motifs is 2. The van der Waals surface area contributed by atoms with Gasteiger partial charge in [0.05, 0.1) is 5.92 Å². The van der Waals surface area contributed by atoms with Gasteiger partial charge < -0.3 is 10.3 Å². The molecule has 1 aliphatic heterocycles. The van der Waals surface area contributed by atoms with Crippen LogP contribution in [0.15, 0.2) is 49.1 Å². The fourth-order valence-electron chi connectivity index (χ4n) is 3.56. The Morgan fingerprint density at radius 3 is 3.04 bits per heavy atom. The van der Waals surface area contributed by atoms with Gasteiger partial charge in [-0.2, -0.15) is 0 Å². The van der Waals surface area contributed by atoms with Crippen LogP contribution in [0.2, 0.25) is 0 Å². The molecule has 4 heterocycles. The Kier molecular flexibility index (Phi) is 3.80. The van der Waals surface area contributed by atoms with E-state index in [1.807, 2.05) is 49.8 Å². The van der Waals surface area contributed by atoms with Crippen molar-refractivity contribution >= 4 is 16.7 Å². The molecule has 6 heteroatoms. The largest absolute Gasteiger partial charge is 0.382 e. The van der Waals surface area contributed by atoms with E-state index in [4.69, 9.17) is 5.73 Å². The lowest BCUT2D eigenvalue weighted by molar-refractivity contribution is 0.735. The monoisotopic (exact) mass is 366 g/mol. The smallest absolute Gasteiger partial charge is 0.159 e. The Balaban J connectivity index is 1.49. The molecular weight excluding hydrogens is 348 g/mol. The summed E-state index contributed by atoms with van der Waals surface area (Å²) < 4.78 is 2.17. The molecule has 0 aliphatic carbocycles. The fourth-order valence-corrected chi connectivity index (χ4v) is 3.56. The summed E-state index contributed by atoms with van der Waals surface area (Å²) in [5, 5.41) is 0.920. The molecule has 0 saturated carbocycles. The second kappa shape index (κ2) is 6.46. The van der Waals surface area contributed by atoms with Gasteiger partial charge >= 0.3 is 0 Å². The Morgan fingerprint density at radius 1 is 1.18 bits per heavy atom. The first kappa shape index (κ1) is 16.5. The minimum atomic E-state index is 0.185. The lowest BCUT2D eigenvalue weighted by Crippen LogP contribution is -1.98. The predicted molar refractivity (Wildman–Crippen MR) is 108 cm³/mol. The zero-order valence-electron chi connectivity index (χ0n) is 15.4. The van der Waals surface area contributed by atoms with Crippen molar-refractivity contribution in [1.29, 1.82) is 0 Å². The molecule has 6 nitrogen and oxygen atoms in total. The van der Waals surface area contributed by atoms with Crippen LogP contribution in [0.4, 0.5) is 5.82 Å². The summed E-state index contributed by atoms with van der Waals surface area (Å²) in [5.74, 6) is 8.92. The highest BCUT2D eigenvalue weighted by Crippen LogP contribution is 2.26. The van der Waals surface area contributed by atoms with Crippen molar-refractivity contribution < 1.29 is 0 Å². The van der Waals surface area contributed by atoms with Crippen molar-refractivity contribution in [1.82, 2.24) is 24.5 Å². The number of anilines is 1. The summed E-state index contributed by atoms with van der Waals surface area (Å²) >= 11 is 0. The molecule has 0 spiro atoms. The van der Waals surface area contributed by atoms with Crippen LogP contribution < -0.4 is 5.73 Å². The molecular formula is C22H18N6. The number of benzene rings is 1. The highest BCUT2D eigenvalue weighted by molar-refractivity contribution is 5.90. The molecule has 2 N–H and O–H groups in total. The third-order valence-corrected chi connectivity index (χ3v) is 5.08. The van der Waals surface area contributed by atoms with E-state index >= 15 is 0 Å². The minimum absolute atomic E-state index is 0.185. The molecule has 0 amide bonds. The number of aromatic nitrogens is 5. The number of hydrogen-bond donors (Lipinski definition) is 1. The van der Waals surface area contributed by atoms with E-state index in [1.165, 1.54) is 0 Å². The van der Waals surface area contributed by atoms with Gasteiger partial charge in [-0.05, 0) is 31.0 Å². The number of rotatable bonds is 1. The molecule has 1 atom stereocenters. The lowest BCUT2D eigenvalue weighted by atomic mass is 10.1. The summed E-state index contributed by atoms with van der Waals surface area (Å²) in [5.41, 5.74) is 9.54. The molecule has 4 aromatic rings. The van der Waals surface area contributed by atoms with Crippen LogP contribution in [-0.2, 0) is 6.54 Å². The highest BCUT2D eigenvalue weighted by atomic mass is 15.1. The van der Waals surface area contributed by atoms with Gasteiger partial charge in [-0.15, -0.1) is 0 Å². The summed E-state index contributed by atoms with van der Waals surface area (Å²) in [4.78, 5) is 17.8. The van der Waals surface area contributed by atoms with Crippen molar-refractivity contribution in [3.63, 3.8) is 0 Å². The number of nitrogens with two attached hydrogens (primary N) is 1. The maximum Gasteiger partial charge on any atom is 0.159 e. The maximum atomic E-state index is 6.02. The van der Waals surface area contributed by atoms with Crippen LogP contribution in [0.5, 0.6) is 0 Å². The number of hydrogen-bond acceptors (Lipinski definition) is 5. The van der Waals surface area contributed by atoms with Crippen LogP contribution in [0.1, 0.15) is 29.3 Å². The molecule has 0 fully saturated rings. The van der Waals surface area contributed by atoms with Gasteiger partial charge in [0.2, 0.25) is 0 Å². The van der Waals surface area contributed by atoms with Crippen molar-refractivity contribution in [2.45, 2.75) is 25.8 Å². The average molecular weight is 366 g/mol. The van der Waals surface area contributed by atoms with Crippen molar-refractivity contribution in [3.05, 3.63) is 66.0 Å². The lowest BCUT2D eigenvalue weighted by Gasteiger charge is -2.06. The summed E-state index contributed by atoms with van der Waals surface area (Å²) in [6.45, 7) is 2.96. The minimum Gasteiger partial charge on any atom is -0.382 e. The topological polar surface area (TPSA) is 82.5 Å². The van der Waals surface area contributed by atoms with Crippen molar-refractivity contribution in [2.75, 3.05) is 5.73 Å². The normalized spacial score (nSPS) is 15.2. The molecule has 0 radical (unpaired) electrons. The number of aryl methyl sites for hydroxylation is 2. The van der Waals surface area contributed by atoms with E-state index in [-0.39, 0.29) is 5.92 Å². The molecule has 1 aromatic carbocycles. The Hall–Kier alpha value is -3.72. The molecule has 0 saturated heterocycles. The third kappa shape index (κ3) is 2.78. The Labute approximate surface area is 162 Å². The number of nitrogen functional groups attached to an aromatic ring is 1. The van der Waals surface area contributed by atoms with Gasteiger partial charge in [0.15, 0.2) is 5.82 Å². The third-order valence-electron chi connectivity index (χ3n) is 5.08. The van der Waals surface area contributed by atoms with Crippen molar-refractivity contribution in [2.24, 2.45) is 0 Å². The van der Waals surface area contributed by atoms with Gasteiger partial charge in [-0.25, -0.2) is 19.9 Å². The van der Waals surface area contributed by atoms with Gasteiger partial charge in [0.1, 0.15) is 17.2 Å². The highest BCUT2D eigenvalue weighted by Gasteiger charge is 2.21. The Morgan fingerprint density at radius 2 is 2.11 bits per heavy atom. The standard InChI is InChI=1S/C22H18N6/c1-14-12-25-20(23)19-18(14)13-26-21(27-19)17-4-2-3-15(11-17)5-6-16-7-9-28-10-8-24-22(16)28/h2-4,8,10-13,16H,7,9H2,1H3,(H2,23,25). The SMILES string of the molecule is Cc1cnc(N)c2nc(-c3cccc(C#CC4CCn5ccnc54)c3)ncc12. The summed E-state index contributed by atoms with van der Waals surface area (Å²) in [7, 11) is 0. The van der Waals surface area contributed by atoms with Crippen molar-refractivity contribution in [3.8, 4) is 23.2 Å². The number of imidazole rings is 1. The number of pyridine rings is 1. The molecule has 136 valence electrons. The van der Waals surface area contributed by atoms with E-state index in [2.05, 4.69) is 36.3 Å². The Bertz CT molecular complexity index is 1260. The summed E-state index contributed by atoms with van der Waals surface area (Å²) in [6, 6.07) is 7.96.